The third kappa shape index (κ3) is 5.28. The average molecular weight is 604 g/mol. The summed E-state index contributed by atoms with van der Waals surface area (Å²) in [7, 11) is 0. The molecule has 2 aliphatic heterocycles. The second kappa shape index (κ2) is 9.03. The maximum absolute atomic E-state index is 13.0. The molecule has 2 fully saturated rings. The van der Waals surface area contributed by atoms with E-state index in [4.69, 9.17) is 14.2 Å². The standard InChI is InChI=1S/C22H31N2O5.Hg/c1-15-12-18-17(24(22(5,6)28-18)20(26)29-21(2,3)4)13-23(15)19(25)27-14-16-10-8-7-9-11-16;/h7-11,15,17-18H,1,12-14H2,2-6H3;/t15-,17-,18+;/m0./s1. The Morgan fingerprint density at radius 2 is 1.87 bits per heavy atom. The fourth-order valence-corrected chi connectivity index (χ4v) is 6.32. The van der Waals surface area contributed by atoms with Crippen LogP contribution in [0.4, 0.5) is 9.59 Å². The Bertz CT molecular complexity index is 765. The molecule has 0 spiro atoms. The molecule has 1 aromatic carbocycles. The van der Waals surface area contributed by atoms with Gasteiger partial charge in [-0.15, -0.1) is 0 Å². The first-order chi connectivity index (χ1) is 14.0. The molecule has 8 heteroatoms. The van der Waals surface area contributed by atoms with Gasteiger partial charge in [0.15, 0.2) is 0 Å². The van der Waals surface area contributed by atoms with Crippen molar-refractivity contribution >= 4 is 12.2 Å². The third-order valence-electron chi connectivity index (χ3n) is 5.47. The number of benzene rings is 1. The van der Waals surface area contributed by atoms with E-state index in [2.05, 4.69) is 0 Å². The number of hydrogen-bond donors (Lipinski definition) is 0. The number of fused-ring (bicyclic) bond motifs is 1. The summed E-state index contributed by atoms with van der Waals surface area (Å²) in [6.45, 7) is 9.93. The van der Waals surface area contributed by atoms with Crippen LogP contribution in [0.3, 0.4) is 0 Å². The van der Waals surface area contributed by atoms with Crippen LogP contribution in [0.15, 0.2) is 30.3 Å². The topological polar surface area (TPSA) is 68.3 Å². The van der Waals surface area contributed by atoms with Crippen LogP contribution in [0.1, 0.15) is 46.6 Å². The summed E-state index contributed by atoms with van der Waals surface area (Å²) in [6.07, 6.45) is -0.149. The van der Waals surface area contributed by atoms with Crippen molar-refractivity contribution in [1.82, 2.24) is 9.80 Å². The zero-order valence-corrected chi connectivity index (χ0v) is 24.1. The Kier molecular flexibility index (Phi) is 7.02. The number of nitrogens with zero attached hydrogens (tertiary/aromatic N) is 2. The van der Waals surface area contributed by atoms with E-state index >= 15 is 0 Å². The van der Waals surface area contributed by atoms with Crippen LogP contribution in [0.25, 0.3) is 0 Å². The van der Waals surface area contributed by atoms with Crippen molar-refractivity contribution in [3.05, 3.63) is 35.9 Å². The van der Waals surface area contributed by atoms with Crippen molar-refractivity contribution in [2.45, 2.75) is 81.1 Å². The van der Waals surface area contributed by atoms with Gasteiger partial charge in [-0.3, -0.25) is 0 Å². The van der Waals surface area contributed by atoms with Gasteiger partial charge in [-0.1, -0.05) is 0 Å². The van der Waals surface area contributed by atoms with E-state index in [1.54, 1.807) is 9.80 Å². The molecule has 2 aliphatic rings. The van der Waals surface area contributed by atoms with Crippen LogP contribution in [0, 0.1) is 0 Å². The molecule has 1 aromatic rings. The minimum atomic E-state index is -0.790. The molecule has 0 unspecified atom stereocenters. The molecule has 0 aromatic heterocycles. The van der Waals surface area contributed by atoms with Crippen LogP contribution < -0.4 is 0 Å². The number of piperidine rings is 1. The number of ether oxygens (including phenoxy) is 3. The van der Waals surface area contributed by atoms with E-state index in [1.165, 1.54) is 0 Å². The molecule has 2 heterocycles. The molecular weight excluding hydrogens is 573 g/mol. The number of carbonyl (C=O) groups excluding carboxylic acids is 2. The number of rotatable bonds is 3. The third-order valence-corrected chi connectivity index (χ3v) is 8.06. The molecule has 0 bridgehead atoms. The van der Waals surface area contributed by atoms with Gasteiger partial charge in [-0.2, -0.15) is 0 Å². The van der Waals surface area contributed by atoms with Gasteiger partial charge >= 0.3 is 195 Å². The number of amides is 2. The van der Waals surface area contributed by atoms with Crippen LogP contribution >= 0.6 is 0 Å². The van der Waals surface area contributed by atoms with Crippen molar-refractivity contribution in [3.8, 4) is 0 Å². The molecule has 161 valence electrons. The van der Waals surface area contributed by atoms with Crippen LogP contribution in [0.5, 0.6) is 0 Å². The Morgan fingerprint density at radius 3 is 2.47 bits per heavy atom. The van der Waals surface area contributed by atoms with Gasteiger partial charge in [0.05, 0.1) is 0 Å². The number of hydrogen-bond acceptors (Lipinski definition) is 5. The second-order valence-electron chi connectivity index (χ2n) is 9.39. The summed E-state index contributed by atoms with van der Waals surface area (Å²) in [5.74, 6) is 0. The summed E-state index contributed by atoms with van der Waals surface area (Å²) in [5, 5.41) is 0. The molecular formula is C22H31HgN2O5. The van der Waals surface area contributed by atoms with Gasteiger partial charge in [-0.25, -0.2) is 0 Å². The van der Waals surface area contributed by atoms with Gasteiger partial charge in [0, 0.05) is 0 Å². The Labute approximate surface area is 195 Å². The van der Waals surface area contributed by atoms with Crippen LogP contribution in [0.2, 0.25) is 3.93 Å². The molecule has 0 saturated carbocycles. The molecule has 3 atom stereocenters. The Morgan fingerprint density at radius 1 is 1.20 bits per heavy atom. The molecule has 7 nitrogen and oxygen atoms in total. The predicted octanol–water partition coefficient (Wildman–Crippen LogP) is 4.10. The molecule has 30 heavy (non-hydrogen) atoms. The van der Waals surface area contributed by atoms with Crippen molar-refractivity contribution in [1.29, 1.82) is 0 Å². The van der Waals surface area contributed by atoms with Crippen molar-refractivity contribution in [3.63, 3.8) is 0 Å². The van der Waals surface area contributed by atoms with Crippen molar-refractivity contribution in [2.75, 3.05) is 6.54 Å². The zero-order valence-electron chi connectivity index (χ0n) is 18.6. The van der Waals surface area contributed by atoms with E-state index in [0.717, 1.165) is 9.49 Å². The molecule has 0 aliphatic carbocycles. The van der Waals surface area contributed by atoms with Gasteiger partial charge in [0.25, 0.3) is 0 Å². The molecule has 0 N–H and O–H groups in total. The van der Waals surface area contributed by atoms with Gasteiger partial charge < -0.3 is 0 Å². The van der Waals surface area contributed by atoms with E-state index in [-0.39, 0.29) is 30.9 Å². The summed E-state index contributed by atoms with van der Waals surface area (Å²) >= 11 is 0.530. The van der Waals surface area contributed by atoms with Gasteiger partial charge in [0.1, 0.15) is 0 Å². The summed E-state index contributed by atoms with van der Waals surface area (Å²) in [4.78, 5) is 29.4. The van der Waals surface area contributed by atoms with Crippen LogP contribution in [-0.2, 0) is 46.9 Å². The fraction of sp³-hybridized carbons (Fsp3) is 0.636. The van der Waals surface area contributed by atoms with E-state index in [9.17, 15) is 9.59 Å². The van der Waals surface area contributed by atoms with Crippen molar-refractivity contribution < 1.29 is 49.9 Å². The Balaban J connectivity index is 1.75. The molecule has 2 amide bonds. The normalized spacial score (nSPS) is 25.6. The van der Waals surface area contributed by atoms with Gasteiger partial charge in [-0.05, 0) is 0 Å². The second-order valence-corrected chi connectivity index (χ2v) is 11.6. The first-order valence-electron chi connectivity index (χ1n) is 10.5. The first-order valence-corrected chi connectivity index (χ1v) is 14.4. The quantitative estimate of drug-likeness (QED) is 0.487. The molecule has 0 radical (unpaired) electrons. The van der Waals surface area contributed by atoms with E-state index < -0.39 is 17.4 Å². The summed E-state index contributed by atoms with van der Waals surface area (Å²) in [6, 6.07) is 9.49. The predicted molar refractivity (Wildman–Crippen MR) is 107 cm³/mol. The summed E-state index contributed by atoms with van der Waals surface area (Å²) < 4.78 is 18.5. The average Bonchev–Trinajstić information content (AvgIpc) is 2.93. The van der Waals surface area contributed by atoms with Gasteiger partial charge in [0.2, 0.25) is 0 Å². The maximum atomic E-state index is 13.0. The number of carbonyl (C=O) groups is 2. The fourth-order valence-electron chi connectivity index (χ4n) is 4.19. The first kappa shape index (κ1) is 23.3. The molecule has 2 saturated heterocycles. The Hall–Kier alpha value is -1.34. The number of likely N-dealkylation sites (tertiary alicyclic amines) is 1. The summed E-state index contributed by atoms with van der Waals surface area (Å²) in [5.41, 5.74) is -0.441. The molecule has 3 rings (SSSR count). The van der Waals surface area contributed by atoms with E-state index in [0.29, 0.717) is 39.1 Å². The zero-order chi connectivity index (χ0) is 22.1. The van der Waals surface area contributed by atoms with E-state index in [1.807, 2.05) is 65.0 Å². The monoisotopic (exact) mass is 605 g/mol. The van der Waals surface area contributed by atoms with Crippen LogP contribution in [-0.4, -0.2) is 58.0 Å². The van der Waals surface area contributed by atoms with Crippen molar-refractivity contribution in [2.24, 2.45) is 0 Å². The minimum absolute atomic E-state index is 0.0900. The SMILES string of the molecule is CC(C)(C)OC(=O)N1[C@H]2CN(C(=O)OCc3ccccc3)[C@@H]([CH2][Hg])C[C@H]2OC1(C)C.